The second kappa shape index (κ2) is 9.81. The molecule has 0 N–H and O–H groups in total. The molecule has 11 nitrogen and oxygen atoms in total. The lowest BCUT2D eigenvalue weighted by atomic mass is 10.2. The third-order valence-corrected chi connectivity index (χ3v) is 5.52. The maximum atomic E-state index is 13.0. The molecule has 0 radical (unpaired) electrons. The van der Waals surface area contributed by atoms with Gasteiger partial charge in [0.05, 0.1) is 27.0 Å². The Bertz CT molecular complexity index is 1550. The van der Waals surface area contributed by atoms with Crippen LogP contribution in [0.3, 0.4) is 0 Å². The molecule has 176 valence electrons. The van der Waals surface area contributed by atoms with Crippen molar-refractivity contribution in [1.29, 1.82) is 0 Å². The van der Waals surface area contributed by atoms with E-state index >= 15 is 0 Å². The van der Waals surface area contributed by atoms with Gasteiger partial charge in [-0.1, -0.05) is 15.9 Å². The number of fused-ring (bicyclic) bond motifs is 1. The van der Waals surface area contributed by atoms with Crippen molar-refractivity contribution in [2.24, 2.45) is 5.10 Å². The number of rotatable bonds is 7. The molecule has 35 heavy (non-hydrogen) atoms. The van der Waals surface area contributed by atoms with E-state index in [1.54, 1.807) is 37.3 Å². The normalized spacial score (nSPS) is 11.1. The number of hydrogen-bond donors (Lipinski definition) is 0. The molecule has 0 aliphatic rings. The van der Waals surface area contributed by atoms with Gasteiger partial charge in [-0.25, -0.2) is 4.98 Å². The molecule has 0 amide bonds. The topological polar surface area (TPSA) is 143 Å². The van der Waals surface area contributed by atoms with E-state index in [0.717, 1.165) is 4.68 Å². The molecule has 12 heteroatoms. The van der Waals surface area contributed by atoms with Crippen molar-refractivity contribution in [3.05, 3.63) is 113 Å². The molecule has 4 aromatic rings. The number of aryl methyl sites for hydroxylation is 1. The highest BCUT2D eigenvalue weighted by Gasteiger charge is 2.13. The van der Waals surface area contributed by atoms with Crippen LogP contribution in [0.15, 0.2) is 75.0 Å². The molecule has 4 rings (SSSR count). The Morgan fingerprint density at radius 1 is 1.03 bits per heavy atom. The molecule has 0 bridgehead atoms. The highest BCUT2D eigenvalue weighted by Crippen LogP contribution is 2.24. The molecule has 3 aromatic carbocycles. The Morgan fingerprint density at radius 3 is 2.40 bits per heavy atom. The minimum Gasteiger partial charge on any atom is -0.488 e. The molecule has 0 aliphatic carbocycles. The highest BCUT2D eigenvalue weighted by atomic mass is 79.9. The van der Waals surface area contributed by atoms with E-state index in [-0.39, 0.29) is 29.3 Å². The lowest BCUT2D eigenvalue weighted by Gasteiger charge is -2.10. The predicted octanol–water partition coefficient (Wildman–Crippen LogP) is 4.75. The van der Waals surface area contributed by atoms with Crippen LogP contribution in [0.25, 0.3) is 10.9 Å². The first-order valence-electron chi connectivity index (χ1n) is 10.1. The molecular formula is C23H16BrN5O6. The van der Waals surface area contributed by atoms with Crippen molar-refractivity contribution in [2.45, 2.75) is 13.5 Å². The third-order valence-electron chi connectivity index (χ3n) is 5.03. The lowest BCUT2D eigenvalue weighted by molar-refractivity contribution is -0.385. The van der Waals surface area contributed by atoms with Gasteiger partial charge in [0.25, 0.3) is 16.9 Å². The number of nitrogens with zero attached hydrogens (tertiary/aromatic N) is 5. The zero-order valence-electron chi connectivity index (χ0n) is 18.1. The number of halogens is 1. The summed E-state index contributed by atoms with van der Waals surface area (Å²) >= 11 is 3.34. The van der Waals surface area contributed by atoms with Crippen LogP contribution in [0.5, 0.6) is 5.75 Å². The van der Waals surface area contributed by atoms with E-state index in [1.807, 2.05) is 0 Å². The Morgan fingerprint density at radius 2 is 1.71 bits per heavy atom. The zero-order valence-corrected chi connectivity index (χ0v) is 19.7. The highest BCUT2D eigenvalue weighted by molar-refractivity contribution is 9.10. The standard InChI is InChI=1S/C23H16BrN5O6/c1-14-26-21-8-4-17(24)11-20(21)23(30)27(14)25-12-16-10-19(29(33)34)7-9-22(16)35-13-15-2-5-18(6-3-15)28(31)32/h2-12H,13H2,1H3. The second-order valence-corrected chi connectivity index (χ2v) is 8.29. The first-order chi connectivity index (χ1) is 16.7. The number of hydrogen-bond acceptors (Lipinski definition) is 8. The van der Waals surface area contributed by atoms with Gasteiger partial charge in [0.2, 0.25) is 0 Å². The van der Waals surface area contributed by atoms with E-state index in [4.69, 9.17) is 4.74 Å². The third kappa shape index (κ3) is 5.22. The number of aromatic nitrogens is 2. The van der Waals surface area contributed by atoms with E-state index in [2.05, 4.69) is 26.0 Å². The Kier molecular flexibility index (Phi) is 6.64. The zero-order chi connectivity index (χ0) is 25.1. The average molecular weight is 538 g/mol. The predicted molar refractivity (Wildman–Crippen MR) is 132 cm³/mol. The Balaban J connectivity index is 1.68. The maximum Gasteiger partial charge on any atom is 0.282 e. The number of benzene rings is 3. The van der Waals surface area contributed by atoms with Crippen molar-refractivity contribution >= 4 is 44.4 Å². The fraction of sp³-hybridized carbons (Fsp3) is 0.0870. The molecule has 1 heterocycles. The summed E-state index contributed by atoms with van der Waals surface area (Å²) in [6.45, 7) is 1.68. The summed E-state index contributed by atoms with van der Waals surface area (Å²) in [5, 5.41) is 26.7. The Hall–Kier alpha value is -4.45. The molecule has 0 unspecified atom stereocenters. The fourth-order valence-electron chi connectivity index (χ4n) is 3.27. The molecule has 1 aromatic heterocycles. The van der Waals surface area contributed by atoms with Gasteiger partial charge < -0.3 is 4.74 Å². The van der Waals surface area contributed by atoms with Crippen LogP contribution < -0.4 is 10.3 Å². The number of nitro groups is 2. The SMILES string of the molecule is Cc1nc2ccc(Br)cc2c(=O)n1N=Cc1cc([N+](=O)[O-])ccc1OCc1ccc([N+](=O)[O-])cc1. The van der Waals surface area contributed by atoms with E-state index in [1.165, 1.54) is 36.5 Å². The minimum atomic E-state index is -0.552. The second-order valence-electron chi connectivity index (χ2n) is 7.37. The van der Waals surface area contributed by atoms with Crippen LogP contribution >= 0.6 is 15.9 Å². The lowest BCUT2D eigenvalue weighted by Crippen LogP contribution is -2.20. The number of nitro benzene ring substituents is 2. The number of non-ortho nitro benzene ring substituents is 2. The summed E-state index contributed by atoms with van der Waals surface area (Å²) < 4.78 is 7.62. The van der Waals surface area contributed by atoms with Gasteiger partial charge in [-0.2, -0.15) is 9.78 Å². The van der Waals surface area contributed by atoms with Gasteiger partial charge in [-0.15, -0.1) is 0 Å². The van der Waals surface area contributed by atoms with Crippen molar-refractivity contribution in [2.75, 3.05) is 0 Å². The number of ether oxygens (including phenoxy) is 1. The summed E-state index contributed by atoms with van der Waals surface area (Å²) in [7, 11) is 0. The monoisotopic (exact) mass is 537 g/mol. The Labute approximate surface area is 205 Å². The quantitative estimate of drug-likeness (QED) is 0.188. The van der Waals surface area contributed by atoms with Gasteiger partial charge >= 0.3 is 0 Å². The van der Waals surface area contributed by atoms with E-state index in [9.17, 15) is 25.0 Å². The molecular weight excluding hydrogens is 522 g/mol. The minimum absolute atomic E-state index is 0.0475. The molecule has 0 atom stereocenters. The van der Waals surface area contributed by atoms with Crippen molar-refractivity contribution in [3.63, 3.8) is 0 Å². The average Bonchev–Trinajstić information content (AvgIpc) is 2.83. The van der Waals surface area contributed by atoms with Crippen molar-refractivity contribution < 1.29 is 14.6 Å². The van der Waals surface area contributed by atoms with Crippen LogP contribution in [0, 0.1) is 27.2 Å². The maximum absolute atomic E-state index is 13.0. The first-order valence-corrected chi connectivity index (χ1v) is 10.9. The van der Waals surface area contributed by atoms with Crippen molar-refractivity contribution in [3.8, 4) is 5.75 Å². The summed E-state index contributed by atoms with van der Waals surface area (Å²) in [5.74, 6) is 0.611. The van der Waals surface area contributed by atoms with Crippen LogP contribution in [-0.4, -0.2) is 25.7 Å². The summed E-state index contributed by atoms with van der Waals surface area (Å²) in [5.41, 5.74) is 0.816. The molecule has 0 fully saturated rings. The molecule has 0 saturated carbocycles. The van der Waals surface area contributed by atoms with Gasteiger partial charge in [-0.3, -0.25) is 25.0 Å². The van der Waals surface area contributed by atoms with E-state index in [0.29, 0.717) is 26.8 Å². The van der Waals surface area contributed by atoms with Gasteiger partial charge in [-0.05, 0) is 48.9 Å². The van der Waals surface area contributed by atoms with E-state index < -0.39 is 15.4 Å². The summed E-state index contributed by atoms with van der Waals surface area (Å²) in [4.78, 5) is 38.4. The smallest absolute Gasteiger partial charge is 0.282 e. The van der Waals surface area contributed by atoms with Gasteiger partial charge in [0, 0.05) is 34.3 Å². The molecule has 0 spiro atoms. The molecule has 0 aliphatic heterocycles. The molecule has 0 saturated heterocycles. The van der Waals surface area contributed by atoms with Crippen LogP contribution in [0.2, 0.25) is 0 Å². The van der Waals surface area contributed by atoms with Gasteiger partial charge in [0.1, 0.15) is 18.2 Å². The first kappa shape index (κ1) is 23.7. The fourth-order valence-corrected chi connectivity index (χ4v) is 3.63. The van der Waals surface area contributed by atoms with Crippen molar-refractivity contribution in [1.82, 2.24) is 9.66 Å². The van der Waals surface area contributed by atoms with Gasteiger partial charge in [0.15, 0.2) is 0 Å². The van der Waals surface area contributed by atoms with Crippen LogP contribution in [0.1, 0.15) is 17.0 Å². The van der Waals surface area contributed by atoms with Crippen LogP contribution in [-0.2, 0) is 6.61 Å². The summed E-state index contributed by atoms with van der Waals surface area (Å²) in [6.07, 6.45) is 1.29. The largest absolute Gasteiger partial charge is 0.488 e. The van der Waals surface area contributed by atoms with Crippen LogP contribution in [0.4, 0.5) is 11.4 Å². The summed E-state index contributed by atoms with van der Waals surface area (Å²) in [6, 6.07) is 15.0.